The average molecular weight is 333 g/mol. The van der Waals surface area contributed by atoms with Gasteiger partial charge in [0.05, 0.1) is 12.1 Å². The largest absolute Gasteiger partial charge is 0.443 e. The van der Waals surface area contributed by atoms with Gasteiger partial charge in [-0.3, -0.25) is 4.84 Å². The Labute approximate surface area is 141 Å². The standard InChI is InChI=1S/C18H23NO5/c1-18(2)22-15-10-13-8-9-14(16(15)23-18)24-19(13)17(20)21-11-12-6-4-3-5-7-12/h3-7,13-16H,8-11H2,1-2H3. The predicted octanol–water partition coefficient (Wildman–Crippen LogP) is 3.01. The summed E-state index contributed by atoms with van der Waals surface area (Å²) in [5.41, 5.74) is 0.955. The number of hydrogen-bond acceptors (Lipinski definition) is 5. The summed E-state index contributed by atoms with van der Waals surface area (Å²) in [5.74, 6) is -0.588. The maximum Gasteiger partial charge on any atom is 0.434 e. The average Bonchev–Trinajstić information content (AvgIpc) is 2.71. The molecule has 2 bridgehead atoms. The van der Waals surface area contributed by atoms with Gasteiger partial charge < -0.3 is 14.2 Å². The van der Waals surface area contributed by atoms with E-state index in [1.54, 1.807) is 0 Å². The van der Waals surface area contributed by atoms with Gasteiger partial charge >= 0.3 is 6.09 Å². The van der Waals surface area contributed by atoms with Gasteiger partial charge in [-0.1, -0.05) is 30.3 Å². The Morgan fingerprint density at radius 1 is 1.21 bits per heavy atom. The molecule has 1 amide bonds. The lowest BCUT2D eigenvalue weighted by Gasteiger charge is -2.36. The molecule has 4 aliphatic rings. The molecule has 0 spiro atoms. The zero-order valence-electron chi connectivity index (χ0n) is 14.0. The quantitative estimate of drug-likeness (QED) is 0.833. The van der Waals surface area contributed by atoms with Crippen LogP contribution in [0.5, 0.6) is 0 Å². The number of benzene rings is 1. The second kappa shape index (κ2) is 6.02. The van der Waals surface area contributed by atoms with Crippen molar-refractivity contribution in [2.24, 2.45) is 0 Å². The van der Waals surface area contributed by atoms with E-state index in [1.807, 2.05) is 44.2 Å². The van der Waals surface area contributed by atoms with Crippen molar-refractivity contribution in [2.75, 3.05) is 0 Å². The Bertz CT molecular complexity index is 605. The van der Waals surface area contributed by atoms with Crippen LogP contribution >= 0.6 is 0 Å². The summed E-state index contributed by atoms with van der Waals surface area (Å²) in [4.78, 5) is 18.4. The van der Waals surface area contributed by atoms with Crippen molar-refractivity contribution in [3.05, 3.63) is 35.9 Å². The minimum Gasteiger partial charge on any atom is -0.443 e. The van der Waals surface area contributed by atoms with E-state index in [1.165, 1.54) is 5.06 Å². The molecule has 24 heavy (non-hydrogen) atoms. The molecular formula is C18H23NO5. The number of carbonyl (C=O) groups is 1. The van der Waals surface area contributed by atoms with E-state index in [-0.39, 0.29) is 31.0 Å². The van der Waals surface area contributed by atoms with Crippen molar-refractivity contribution in [1.29, 1.82) is 0 Å². The van der Waals surface area contributed by atoms with Gasteiger partial charge in [-0.15, -0.1) is 0 Å². The summed E-state index contributed by atoms with van der Waals surface area (Å²) in [5, 5.41) is 1.40. The molecule has 0 radical (unpaired) electrons. The second-order valence-corrected chi connectivity index (χ2v) is 7.12. The maximum absolute atomic E-state index is 12.5. The highest BCUT2D eigenvalue weighted by molar-refractivity contribution is 5.67. The number of amides is 1. The fourth-order valence-electron chi connectivity index (χ4n) is 3.80. The normalized spacial score (nSPS) is 33.8. The van der Waals surface area contributed by atoms with E-state index in [4.69, 9.17) is 19.0 Å². The van der Waals surface area contributed by atoms with Gasteiger partial charge in [0, 0.05) is 0 Å². The van der Waals surface area contributed by atoms with E-state index < -0.39 is 11.9 Å². The molecule has 5 rings (SSSR count). The van der Waals surface area contributed by atoms with E-state index in [2.05, 4.69) is 0 Å². The highest BCUT2D eigenvalue weighted by Crippen LogP contribution is 2.41. The number of fused-ring (bicyclic) bond motifs is 2. The highest BCUT2D eigenvalue weighted by Gasteiger charge is 2.53. The minimum absolute atomic E-state index is 0.0305. The van der Waals surface area contributed by atoms with Crippen LogP contribution in [0.3, 0.4) is 0 Å². The van der Waals surface area contributed by atoms with Crippen molar-refractivity contribution in [2.45, 2.75) is 69.9 Å². The SMILES string of the molecule is CC1(C)OC2CC3CCC(ON3C(=O)OCc3ccccc3)C2O1. The Morgan fingerprint density at radius 2 is 2.00 bits per heavy atom. The molecular weight excluding hydrogens is 310 g/mol. The van der Waals surface area contributed by atoms with Crippen LogP contribution in [0.15, 0.2) is 30.3 Å². The van der Waals surface area contributed by atoms with Crippen molar-refractivity contribution >= 4 is 6.09 Å². The molecule has 3 heterocycles. The van der Waals surface area contributed by atoms with E-state index in [0.29, 0.717) is 6.42 Å². The van der Waals surface area contributed by atoms with Crippen LogP contribution in [0.4, 0.5) is 4.79 Å². The summed E-state index contributed by atoms with van der Waals surface area (Å²) in [7, 11) is 0. The first-order valence-electron chi connectivity index (χ1n) is 8.54. The van der Waals surface area contributed by atoms with Crippen LogP contribution in [-0.4, -0.2) is 41.3 Å². The van der Waals surface area contributed by atoms with Gasteiger partial charge in [-0.2, -0.15) is 5.06 Å². The third-order valence-corrected chi connectivity index (χ3v) is 4.84. The first kappa shape index (κ1) is 15.9. The van der Waals surface area contributed by atoms with Gasteiger partial charge in [-0.05, 0) is 38.7 Å². The molecule has 4 unspecified atom stereocenters. The molecule has 6 heteroatoms. The zero-order chi connectivity index (χ0) is 16.7. The predicted molar refractivity (Wildman–Crippen MR) is 84.8 cm³/mol. The van der Waals surface area contributed by atoms with Gasteiger partial charge in [-0.25, -0.2) is 4.79 Å². The summed E-state index contributed by atoms with van der Waals surface area (Å²) in [6.07, 6.45) is 1.69. The van der Waals surface area contributed by atoms with Gasteiger partial charge in [0.15, 0.2) is 5.79 Å². The molecule has 0 aromatic heterocycles. The lowest BCUT2D eigenvalue weighted by Crippen LogP contribution is -2.47. The molecule has 6 nitrogen and oxygen atoms in total. The van der Waals surface area contributed by atoms with Crippen LogP contribution in [0.1, 0.15) is 38.7 Å². The summed E-state index contributed by atoms with van der Waals surface area (Å²) in [6.45, 7) is 4.08. The fraction of sp³-hybridized carbons (Fsp3) is 0.611. The van der Waals surface area contributed by atoms with Gasteiger partial charge in [0.1, 0.15) is 18.8 Å². The first-order chi connectivity index (χ1) is 11.5. The zero-order valence-corrected chi connectivity index (χ0v) is 14.0. The van der Waals surface area contributed by atoms with Gasteiger partial charge in [0.25, 0.3) is 0 Å². The molecule has 0 N–H and O–H groups in total. The molecule has 130 valence electrons. The highest BCUT2D eigenvalue weighted by atomic mass is 16.8. The second-order valence-electron chi connectivity index (χ2n) is 7.12. The molecule has 4 atom stereocenters. The Hall–Kier alpha value is -1.63. The van der Waals surface area contributed by atoms with Crippen molar-refractivity contribution in [3.63, 3.8) is 0 Å². The Balaban J connectivity index is 1.42. The third-order valence-electron chi connectivity index (χ3n) is 4.84. The summed E-state index contributed by atoms with van der Waals surface area (Å²) >= 11 is 0. The minimum atomic E-state index is -0.588. The third kappa shape index (κ3) is 3.01. The molecule has 3 saturated heterocycles. The molecule has 4 fully saturated rings. The van der Waals surface area contributed by atoms with Crippen molar-refractivity contribution in [1.82, 2.24) is 5.06 Å². The maximum atomic E-state index is 12.5. The summed E-state index contributed by atoms with van der Waals surface area (Å²) in [6, 6.07) is 9.60. The smallest absolute Gasteiger partial charge is 0.434 e. The van der Waals surface area contributed by atoms with Crippen LogP contribution in [0, 0.1) is 0 Å². The van der Waals surface area contributed by atoms with E-state index >= 15 is 0 Å². The Morgan fingerprint density at radius 3 is 2.79 bits per heavy atom. The van der Waals surface area contributed by atoms with Crippen LogP contribution in [0.2, 0.25) is 0 Å². The number of hydrogen-bond donors (Lipinski definition) is 0. The van der Waals surface area contributed by atoms with Gasteiger partial charge in [0.2, 0.25) is 0 Å². The topological polar surface area (TPSA) is 57.2 Å². The Kier molecular flexibility index (Phi) is 3.98. The van der Waals surface area contributed by atoms with Crippen molar-refractivity contribution < 1.29 is 23.8 Å². The molecule has 3 aliphatic heterocycles. The van der Waals surface area contributed by atoms with Crippen LogP contribution < -0.4 is 0 Å². The molecule has 1 aromatic carbocycles. The lowest BCUT2D eigenvalue weighted by atomic mass is 10.1. The first-order valence-corrected chi connectivity index (χ1v) is 8.54. The molecule has 1 aliphatic carbocycles. The molecule has 1 aromatic rings. The van der Waals surface area contributed by atoms with E-state index in [0.717, 1.165) is 18.4 Å². The number of nitrogens with zero attached hydrogens (tertiary/aromatic N) is 1. The monoisotopic (exact) mass is 333 g/mol. The van der Waals surface area contributed by atoms with Crippen LogP contribution in [0.25, 0.3) is 0 Å². The number of rotatable bonds is 2. The number of ether oxygens (including phenoxy) is 3. The number of hydroxylamine groups is 2. The lowest BCUT2D eigenvalue weighted by molar-refractivity contribution is -0.250. The molecule has 1 saturated carbocycles. The van der Waals surface area contributed by atoms with Crippen LogP contribution in [-0.2, 0) is 25.7 Å². The summed E-state index contributed by atoms with van der Waals surface area (Å²) < 4.78 is 17.4. The fourth-order valence-corrected chi connectivity index (χ4v) is 3.80. The van der Waals surface area contributed by atoms with E-state index in [9.17, 15) is 4.79 Å². The van der Waals surface area contributed by atoms with Crippen molar-refractivity contribution in [3.8, 4) is 0 Å². The number of carbonyl (C=O) groups excluding carboxylic acids is 1.